The number of H-pyrrole nitrogens is 1. The Hall–Kier alpha value is -2.80. The quantitative estimate of drug-likeness (QED) is 0.622. The van der Waals surface area contributed by atoms with Gasteiger partial charge in [-0.3, -0.25) is 14.5 Å². The van der Waals surface area contributed by atoms with Gasteiger partial charge in [0, 0.05) is 24.1 Å². The van der Waals surface area contributed by atoms with Gasteiger partial charge in [0.15, 0.2) is 10.6 Å². The van der Waals surface area contributed by atoms with Crippen LogP contribution < -0.4 is 5.32 Å². The minimum atomic E-state index is -0.410. The lowest BCUT2D eigenvalue weighted by molar-refractivity contribution is -0.121. The lowest BCUT2D eigenvalue weighted by Gasteiger charge is -2.15. The van der Waals surface area contributed by atoms with E-state index < -0.39 is 6.04 Å². The van der Waals surface area contributed by atoms with Crippen LogP contribution in [-0.4, -0.2) is 20.7 Å². The van der Waals surface area contributed by atoms with E-state index in [1.54, 1.807) is 29.7 Å². The maximum Gasteiger partial charge on any atom is 0.222 e. The highest BCUT2D eigenvalue weighted by molar-refractivity contribution is 7.71. The van der Waals surface area contributed by atoms with E-state index in [1.807, 2.05) is 31.2 Å². The van der Waals surface area contributed by atoms with Crippen LogP contribution in [0.2, 0.25) is 0 Å². The van der Waals surface area contributed by atoms with Crippen molar-refractivity contribution in [3.8, 4) is 11.4 Å². The molecule has 7 heteroatoms. The average molecular weight is 384 g/mol. The molecule has 140 valence electrons. The van der Waals surface area contributed by atoms with Gasteiger partial charge < -0.3 is 5.32 Å². The highest BCUT2D eigenvalue weighted by Crippen LogP contribution is 2.19. The van der Waals surface area contributed by atoms with Crippen molar-refractivity contribution in [1.29, 1.82) is 0 Å². The number of carbonyl (C=O) groups is 1. The number of benzene rings is 2. The molecule has 3 rings (SSSR count). The van der Waals surface area contributed by atoms with E-state index in [0.29, 0.717) is 22.7 Å². The zero-order valence-electron chi connectivity index (χ0n) is 15.2. The van der Waals surface area contributed by atoms with Crippen LogP contribution in [0.3, 0.4) is 0 Å². The fourth-order valence-electron chi connectivity index (χ4n) is 2.96. The van der Waals surface area contributed by atoms with Crippen molar-refractivity contribution < 1.29 is 9.18 Å². The standard InChI is InChI=1S/C20H21FN4OS/c1-13-6-5-7-15(12-13)19-23-24-20(27)25(19)11-10-18(26)22-14(2)16-8-3-4-9-17(16)21/h3-9,12,14H,10-11H2,1-2H3,(H,22,26)(H,24,27). The minimum Gasteiger partial charge on any atom is -0.349 e. The van der Waals surface area contributed by atoms with E-state index in [9.17, 15) is 9.18 Å². The lowest BCUT2D eigenvalue weighted by Crippen LogP contribution is -2.28. The number of amides is 1. The number of aromatic amines is 1. The van der Waals surface area contributed by atoms with Gasteiger partial charge in [-0.05, 0) is 38.2 Å². The molecule has 0 aliphatic heterocycles. The van der Waals surface area contributed by atoms with Crippen LogP contribution in [0, 0.1) is 17.5 Å². The molecule has 0 saturated carbocycles. The molecule has 1 atom stereocenters. The molecule has 0 radical (unpaired) electrons. The number of carbonyl (C=O) groups excluding carboxylic acids is 1. The predicted molar refractivity (Wildman–Crippen MR) is 105 cm³/mol. The van der Waals surface area contributed by atoms with Crippen LogP contribution in [0.4, 0.5) is 4.39 Å². The SMILES string of the molecule is Cc1cccc(-c2n[nH]c(=S)n2CCC(=O)NC(C)c2ccccc2F)c1. The maximum absolute atomic E-state index is 13.8. The number of hydrogen-bond acceptors (Lipinski definition) is 3. The summed E-state index contributed by atoms with van der Waals surface area (Å²) in [4.78, 5) is 12.3. The van der Waals surface area contributed by atoms with Crippen LogP contribution in [0.1, 0.15) is 30.5 Å². The molecule has 0 bridgehead atoms. The largest absolute Gasteiger partial charge is 0.349 e. The van der Waals surface area contributed by atoms with Crippen molar-refractivity contribution in [3.63, 3.8) is 0 Å². The number of hydrogen-bond donors (Lipinski definition) is 2. The first-order chi connectivity index (χ1) is 13.0. The number of nitrogens with zero attached hydrogens (tertiary/aromatic N) is 2. The minimum absolute atomic E-state index is 0.177. The second kappa shape index (κ2) is 8.26. The van der Waals surface area contributed by atoms with Crippen LogP contribution in [0.5, 0.6) is 0 Å². The molecule has 0 aliphatic rings. The summed E-state index contributed by atoms with van der Waals surface area (Å²) in [6, 6.07) is 13.9. The third kappa shape index (κ3) is 4.49. The van der Waals surface area contributed by atoms with Crippen LogP contribution in [0.15, 0.2) is 48.5 Å². The topological polar surface area (TPSA) is 62.7 Å². The Morgan fingerprint density at radius 1 is 1.30 bits per heavy atom. The van der Waals surface area contributed by atoms with Gasteiger partial charge >= 0.3 is 0 Å². The molecule has 0 fully saturated rings. The molecule has 0 aliphatic carbocycles. The second-order valence-corrected chi connectivity index (χ2v) is 6.82. The molecule has 0 spiro atoms. The number of aryl methyl sites for hydroxylation is 1. The molecule has 2 N–H and O–H groups in total. The predicted octanol–water partition coefficient (Wildman–Crippen LogP) is 4.32. The highest BCUT2D eigenvalue weighted by Gasteiger charge is 2.15. The Kier molecular flexibility index (Phi) is 5.81. The van der Waals surface area contributed by atoms with Gasteiger partial charge in [0.1, 0.15) is 5.82 Å². The molecular weight excluding hydrogens is 363 g/mol. The average Bonchev–Trinajstić information content (AvgIpc) is 3.01. The van der Waals surface area contributed by atoms with Gasteiger partial charge in [-0.25, -0.2) is 4.39 Å². The van der Waals surface area contributed by atoms with Crippen molar-refractivity contribution in [2.45, 2.75) is 32.9 Å². The van der Waals surface area contributed by atoms with Gasteiger partial charge in [0.25, 0.3) is 0 Å². The molecular formula is C20H21FN4OS. The third-order valence-electron chi connectivity index (χ3n) is 4.35. The first-order valence-corrected chi connectivity index (χ1v) is 9.12. The van der Waals surface area contributed by atoms with Crippen molar-refractivity contribution >= 4 is 18.1 Å². The fourth-order valence-corrected chi connectivity index (χ4v) is 3.18. The molecule has 1 amide bonds. The first-order valence-electron chi connectivity index (χ1n) is 8.71. The summed E-state index contributed by atoms with van der Waals surface area (Å²) in [5.74, 6) is 0.187. The molecule has 5 nitrogen and oxygen atoms in total. The summed E-state index contributed by atoms with van der Waals surface area (Å²) in [7, 11) is 0. The van der Waals surface area contributed by atoms with Crippen LogP contribution in [0.25, 0.3) is 11.4 Å². The fraction of sp³-hybridized carbons (Fsp3) is 0.250. The molecule has 2 aromatic carbocycles. The van der Waals surface area contributed by atoms with Crippen molar-refractivity contribution in [2.75, 3.05) is 0 Å². The van der Waals surface area contributed by atoms with Gasteiger partial charge in [-0.15, -0.1) is 0 Å². The Balaban J connectivity index is 1.69. The van der Waals surface area contributed by atoms with E-state index >= 15 is 0 Å². The Bertz CT molecular complexity index is 1010. The van der Waals surface area contributed by atoms with Crippen LogP contribution in [-0.2, 0) is 11.3 Å². The monoisotopic (exact) mass is 384 g/mol. The van der Waals surface area contributed by atoms with Gasteiger partial charge in [-0.1, -0.05) is 42.0 Å². The Morgan fingerprint density at radius 2 is 2.07 bits per heavy atom. The molecule has 1 unspecified atom stereocenters. The highest BCUT2D eigenvalue weighted by atomic mass is 32.1. The summed E-state index contributed by atoms with van der Waals surface area (Å²) < 4.78 is 16.1. The molecule has 3 aromatic rings. The molecule has 1 heterocycles. The zero-order valence-corrected chi connectivity index (χ0v) is 16.0. The molecule has 0 saturated heterocycles. The number of nitrogens with one attached hydrogen (secondary N) is 2. The maximum atomic E-state index is 13.8. The van der Waals surface area contributed by atoms with Crippen molar-refractivity contribution in [2.24, 2.45) is 0 Å². The first kappa shape index (κ1) is 19.0. The van der Waals surface area contributed by atoms with Crippen molar-refractivity contribution in [3.05, 3.63) is 70.2 Å². The van der Waals surface area contributed by atoms with Gasteiger partial charge in [-0.2, -0.15) is 5.10 Å². The third-order valence-corrected chi connectivity index (χ3v) is 4.66. The number of aromatic nitrogens is 3. The summed E-state index contributed by atoms with van der Waals surface area (Å²) in [5, 5.41) is 9.91. The van der Waals surface area contributed by atoms with E-state index in [4.69, 9.17) is 12.2 Å². The smallest absolute Gasteiger partial charge is 0.222 e. The summed E-state index contributed by atoms with van der Waals surface area (Å²) >= 11 is 5.30. The normalized spacial score (nSPS) is 12.0. The van der Waals surface area contributed by atoms with E-state index in [1.165, 1.54) is 6.07 Å². The van der Waals surface area contributed by atoms with E-state index in [-0.39, 0.29) is 18.1 Å². The van der Waals surface area contributed by atoms with Gasteiger partial charge in [0.05, 0.1) is 6.04 Å². The Morgan fingerprint density at radius 3 is 2.81 bits per heavy atom. The lowest BCUT2D eigenvalue weighted by atomic mass is 10.1. The van der Waals surface area contributed by atoms with Gasteiger partial charge in [0.2, 0.25) is 5.91 Å². The molecule has 1 aromatic heterocycles. The Labute approximate surface area is 162 Å². The van der Waals surface area contributed by atoms with Crippen molar-refractivity contribution in [1.82, 2.24) is 20.1 Å². The summed E-state index contributed by atoms with van der Waals surface area (Å²) in [5.41, 5.74) is 2.51. The summed E-state index contributed by atoms with van der Waals surface area (Å²) in [6.45, 7) is 4.15. The van der Waals surface area contributed by atoms with E-state index in [2.05, 4.69) is 15.5 Å². The van der Waals surface area contributed by atoms with E-state index in [0.717, 1.165) is 11.1 Å². The number of rotatable bonds is 6. The zero-order chi connectivity index (χ0) is 19.4. The van der Waals surface area contributed by atoms with Crippen LogP contribution >= 0.6 is 12.2 Å². The molecule has 27 heavy (non-hydrogen) atoms. The number of halogens is 1. The summed E-state index contributed by atoms with van der Waals surface area (Å²) in [6.07, 6.45) is 0.214. The second-order valence-electron chi connectivity index (χ2n) is 6.43.